The van der Waals surface area contributed by atoms with E-state index in [1.807, 2.05) is 0 Å². The van der Waals surface area contributed by atoms with Crippen molar-refractivity contribution < 1.29 is 0 Å². The van der Waals surface area contributed by atoms with Crippen LogP contribution in [0.3, 0.4) is 0 Å². The van der Waals surface area contributed by atoms with Gasteiger partial charge in [0.1, 0.15) is 0 Å². The van der Waals surface area contributed by atoms with Crippen LogP contribution in [0.4, 0.5) is 0 Å². The molecule has 2 unspecified atom stereocenters. The Balaban J connectivity index is 1.65. The molecule has 0 aromatic carbocycles. The van der Waals surface area contributed by atoms with Crippen LogP contribution in [0.25, 0.3) is 0 Å². The fourth-order valence-electron chi connectivity index (χ4n) is 4.27. The van der Waals surface area contributed by atoms with E-state index in [9.17, 15) is 0 Å². The molecule has 0 amide bonds. The zero-order chi connectivity index (χ0) is 11.0. The summed E-state index contributed by atoms with van der Waals surface area (Å²) in [5.74, 6) is 2.06. The summed E-state index contributed by atoms with van der Waals surface area (Å²) in [6.07, 6.45) is 11.5. The van der Waals surface area contributed by atoms with Crippen LogP contribution in [0, 0.1) is 11.8 Å². The van der Waals surface area contributed by atoms with E-state index < -0.39 is 0 Å². The Morgan fingerprint density at radius 3 is 2.38 bits per heavy atom. The van der Waals surface area contributed by atoms with Crippen molar-refractivity contribution in [3.63, 3.8) is 0 Å². The molecule has 3 aliphatic rings. The SMILES string of the molecule is NCC1(N2CCC3CCCCC3C2)CCC1. The van der Waals surface area contributed by atoms with Crippen molar-refractivity contribution in [2.24, 2.45) is 17.6 Å². The third kappa shape index (κ3) is 1.70. The van der Waals surface area contributed by atoms with Crippen LogP contribution in [-0.4, -0.2) is 30.1 Å². The largest absolute Gasteiger partial charge is 0.329 e. The van der Waals surface area contributed by atoms with E-state index in [0.717, 1.165) is 18.4 Å². The Labute approximate surface area is 99.6 Å². The molecule has 16 heavy (non-hydrogen) atoms. The van der Waals surface area contributed by atoms with E-state index in [1.165, 1.54) is 64.5 Å². The van der Waals surface area contributed by atoms with E-state index in [0.29, 0.717) is 5.54 Å². The molecule has 2 heteroatoms. The van der Waals surface area contributed by atoms with E-state index in [1.54, 1.807) is 0 Å². The molecule has 1 aliphatic heterocycles. The van der Waals surface area contributed by atoms with Crippen LogP contribution < -0.4 is 5.73 Å². The summed E-state index contributed by atoms with van der Waals surface area (Å²) in [5.41, 5.74) is 6.46. The number of hydrogen-bond acceptors (Lipinski definition) is 2. The van der Waals surface area contributed by atoms with Gasteiger partial charge in [0.25, 0.3) is 0 Å². The summed E-state index contributed by atoms with van der Waals surface area (Å²) in [7, 11) is 0. The molecular weight excluding hydrogens is 196 g/mol. The van der Waals surface area contributed by atoms with Gasteiger partial charge in [0, 0.05) is 18.6 Å². The van der Waals surface area contributed by atoms with Crippen LogP contribution in [0.15, 0.2) is 0 Å². The minimum atomic E-state index is 0.433. The number of likely N-dealkylation sites (tertiary alicyclic amines) is 1. The van der Waals surface area contributed by atoms with Crippen molar-refractivity contribution in [1.29, 1.82) is 0 Å². The second-order valence-corrected chi connectivity index (χ2v) is 6.32. The zero-order valence-corrected chi connectivity index (χ0v) is 10.5. The summed E-state index contributed by atoms with van der Waals surface area (Å²) >= 11 is 0. The molecule has 2 N–H and O–H groups in total. The zero-order valence-electron chi connectivity index (χ0n) is 10.5. The Morgan fingerprint density at radius 1 is 1.00 bits per heavy atom. The Bertz CT molecular complexity index is 242. The molecule has 1 saturated heterocycles. The first kappa shape index (κ1) is 11.0. The average Bonchev–Trinajstić information content (AvgIpc) is 2.28. The molecule has 3 rings (SSSR count). The predicted octanol–water partition coefficient (Wildman–Crippen LogP) is 2.38. The predicted molar refractivity (Wildman–Crippen MR) is 67.3 cm³/mol. The molecule has 0 spiro atoms. The standard InChI is InChI=1S/C14H26N2/c15-11-14(7-3-8-14)16-9-6-12-4-1-2-5-13(12)10-16/h12-13H,1-11,15H2. The van der Waals surface area contributed by atoms with Crippen molar-refractivity contribution >= 4 is 0 Å². The lowest BCUT2D eigenvalue weighted by atomic mass is 9.70. The maximum absolute atomic E-state index is 6.03. The van der Waals surface area contributed by atoms with E-state index in [4.69, 9.17) is 5.73 Å². The van der Waals surface area contributed by atoms with Gasteiger partial charge in [-0.15, -0.1) is 0 Å². The van der Waals surface area contributed by atoms with Gasteiger partial charge < -0.3 is 5.73 Å². The minimum Gasteiger partial charge on any atom is -0.329 e. The van der Waals surface area contributed by atoms with Crippen molar-refractivity contribution in [2.75, 3.05) is 19.6 Å². The number of hydrogen-bond donors (Lipinski definition) is 1. The molecule has 3 fully saturated rings. The molecular formula is C14H26N2. The molecule has 2 aliphatic carbocycles. The number of nitrogens with two attached hydrogens (primary N) is 1. The van der Waals surface area contributed by atoms with Crippen LogP contribution in [0.1, 0.15) is 51.4 Å². The fourth-order valence-corrected chi connectivity index (χ4v) is 4.27. The topological polar surface area (TPSA) is 29.3 Å². The average molecular weight is 222 g/mol. The van der Waals surface area contributed by atoms with Gasteiger partial charge in [-0.05, 0) is 50.5 Å². The molecule has 2 atom stereocenters. The second-order valence-electron chi connectivity index (χ2n) is 6.32. The minimum absolute atomic E-state index is 0.433. The highest BCUT2D eigenvalue weighted by atomic mass is 15.2. The van der Waals surface area contributed by atoms with Crippen LogP contribution in [-0.2, 0) is 0 Å². The summed E-state index contributed by atoms with van der Waals surface area (Å²) in [6, 6.07) is 0. The van der Waals surface area contributed by atoms with Crippen LogP contribution in [0.5, 0.6) is 0 Å². The third-order valence-electron chi connectivity index (χ3n) is 5.63. The first-order chi connectivity index (χ1) is 7.84. The first-order valence-corrected chi connectivity index (χ1v) is 7.29. The van der Waals surface area contributed by atoms with Gasteiger partial charge in [-0.25, -0.2) is 0 Å². The number of nitrogens with zero attached hydrogens (tertiary/aromatic N) is 1. The smallest absolute Gasteiger partial charge is 0.0331 e. The maximum atomic E-state index is 6.03. The molecule has 0 radical (unpaired) electrons. The Hall–Kier alpha value is -0.0800. The van der Waals surface area contributed by atoms with Crippen molar-refractivity contribution in [2.45, 2.75) is 56.9 Å². The highest BCUT2D eigenvalue weighted by molar-refractivity contribution is 5.01. The van der Waals surface area contributed by atoms with Crippen molar-refractivity contribution in [3.05, 3.63) is 0 Å². The van der Waals surface area contributed by atoms with Crippen molar-refractivity contribution in [1.82, 2.24) is 4.90 Å². The lowest BCUT2D eigenvalue weighted by molar-refractivity contribution is -0.0334. The summed E-state index contributed by atoms with van der Waals surface area (Å²) in [6.45, 7) is 3.59. The number of fused-ring (bicyclic) bond motifs is 1. The highest BCUT2D eigenvalue weighted by Crippen LogP contribution is 2.43. The van der Waals surface area contributed by atoms with Crippen LogP contribution >= 0.6 is 0 Å². The summed E-state index contributed by atoms with van der Waals surface area (Å²) < 4.78 is 0. The third-order valence-corrected chi connectivity index (χ3v) is 5.63. The summed E-state index contributed by atoms with van der Waals surface area (Å²) in [5, 5.41) is 0. The normalized spacial score (nSPS) is 38.8. The lowest BCUT2D eigenvalue weighted by Gasteiger charge is -2.54. The Morgan fingerprint density at radius 2 is 1.75 bits per heavy atom. The lowest BCUT2D eigenvalue weighted by Crippen LogP contribution is -2.62. The molecule has 2 saturated carbocycles. The molecule has 0 bridgehead atoms. The molecule has 0 aromatic heterocycles. The number of piperidine rings is 1. The first-order valence-electron chi connectivity index (χ1n) is 7.29. The van der Waals surface area contributed by atoms with E-state index >= 15 is 0 Å². The van der Waals surface area contributed by atoms with Crippen molar-refractivity contribution in [3.8, 4) is 0 Å². The number of rotatable bonds is 2. The molecule has 2 nitrogen and oxygen atoms in total. The van der Waals surface area contributed by atoms with Gasteiger partial charge >= 0.3 is 0 Å². The van der Waals surface area contributed by atoms with Gasteiger partial charge in [-0.3, -0.25) is 4.90 Å². The van der Waals surface area contributed by atoms with Gasteiger partial charge in [0.05, 0.1) is 0 Å². The molecule has 92 valence electrons. The second kappa shape index (κ2) is 4.30. The van der Waals surface area contributed by atoms with Gasteiger partial charge in [0.15, 0.2) is 0 Å². The molecule has 1 heterocycles. The summed E-state index contributed by atoms with van der Waals surface area (Å²) in [4.78, 5) is 2.77. The van der Waals surface area contributed by atoms with Gasteiger partial charge in [0.2, 0.25) is 0 Å². The van der Waals surface area contributed by atoms with E-state index in [-0.39, 0.29) is 0 Å². The van der Waals surface area contributed by atoms with E-state index in [2.05, 4.69) is 4.90 Å². The van der Waals surface area contributed by atoms with Crippen LogP contribution in [0.2, 0.25) is 0 Å². The highest BCUT2D eigenvalue weighted by Gasteiger charge is 2.44. The Kier molecular flexibility index (Phi) is 2.97. The fraction of sp³-hybridized carbons (Fsp3) is 1.00. The van der Waals surface area contributed by atoms with Gasteiger partial charge in [-0.2, -0.15) is 0 Å². The monoisotopic (exact) mass is 222 g/mol. The molecule has 0 aromatic rings. The quantitative estimate of drug-likeness (QED) is 0.777. The maximum Gasteiger partial charge on any atom is 0.0331 e. The van der Waals surface area contributed by atoms with Gasteiger partial charge in [-0.1, -0.05) is 19.3 Å².